The van der Waals surface area contributed by atoms with Crippen molar-refractivity contribution < 1.29 is 0 Å². The Bertz CT molecular complexity index is 896. The van der Waals surface area contributed by atoms with Crippen molar-refractivity contribution in [2.24, 2.45) is 0 Å². The van der Waals surface area contributed by atoms with Crippen LogP contribution >= 0.6 is 23.6 Å². The maximum Gasteiger partial charge on any atom is 0.209 e. The fourth-order valence-electron chi connectivity index (χ4n) is 2.58. The van der Waals surface area contributed by atoms with Gasteiger partial charge in [0, 0.05) is 12.2 Å². The third-order valence-corrected chi connectivity index (χ3v) is 5.05. The number of benzene rings is 2. The molecule has 0 saturated carbocycles. The van der Waals surface area contributed by atoms with E-state index in [-0.39, 0.29) is 0 Å². The van der Waals surface area contributed by atoms with Gasteiger partial charge >= 0.3 is 0 Å². The van der Waals surface area contributed by atoms with Gasteiger partial charge in [-0.25, -0.2) is 4.68 Å². The fourth-order valence-corrected chi connectivity index (χ4v) is 3.59. The van der Waals surface area contributed by atoms with Gasteiger partial charge in [0.05, 0.1) is 6.67 Å². The number of nitrogens with one attached hydrogen (secondary N) is 1. The van der Waals surface area contributed by atoms with Crippen LogP contribution in [0.1, 0.15) is 16.7 Å². The average Bonchev–Trinajstić information content (AvgIpc) is 2.89. The van der Waals surface area contributed by atoms with Gasteiger partial charge in [-0.2, -0.15) is 0 Å². The maximum atomic E-state index is 5.47. The van der Waals surface area contributed by atoms with Crippen LogP contribution in [0.3, 0.4) is 0 Å². The summed E-state index contributed by atoms with van der Waals surface area (Å²) in [5.74, 6) is 0. The molecule has 130 valence electrons. The van der Waals surface area contributed by atoms with Crippen LogP contribution < -0.4 is 5.32 Å². The number of aromatic nitrogens is 2. The zero-order valence-electron chi connectivity index (χ0n) is 14.7. The van der Waals surface area contributed by atoms with Gasteiger partial charge < -0.3 is 5.32 Å². The highest BCUT2D eigenvalue weighted by Gasteiger charge is 2.07. The van der Waals surface area contributed by atoms with Gasteiger partial charge in [0.25, 0.3) is 0 Å². The number of anilines is 2. The molecule has 0 aliphatic heterocycles. The van der Waals surface area contributed by atoms with Crippen molar-refractivity contribution in [3.8, 4) is 0 Å². The lowest BCUT2D eigenvalue weighted by atomic mass is 10.1. The van der Waals surface area contributed by atoms with Crippen LogP contribution in [0.25, 0.3) is 0 Å². The molecule has 0 aliphatic carbocycles. The third kappa shape index (κ3) is 4.98. The Kier molecular flexibility index (Phi) is 5.63. The number of aryl methyl sites for hydroxylation is 2. The fraction of sp³-hybridized carbons (Fsp3) is 0.263. The molecule has 0 spiro atoms. The molecule has 0 saturated heterocycles. The van der Waals surface area contributed by atoms with Crippen molar-refractivity contribution in [1.82, 2.24) is 14.7 Å². The molecule has 0 aliphatic rings. The van der Waals surface area contributed by atoms with E-state index in [1.54, 1.807) is 0 Å². The summed E-state index contributed by atoms with van der Waals surface area (Å²) in [5, 5.41) is 8.76. The van der Waals surface area contributed by atoms with Gasteiger partial charge in [-0.05, 0) is 56.4 Å². The molecule has 1 aromatic heterocycles. The van der Waals surface area contributed by atoms with Gasteiger partial charge in [0.15, 0.2) is 3.95 Å². The second kappa shape index (κ2) is 7.91. The Morgan fingerprint density at radius 2 is 1.88 bits per heavy atom. The van der Waals surface area contributed by atoms with E-state index < -0.39 is 0 Å². The number of hydrogen-bond donors (Lipinski definition) is 1. The third-order valence-electron chi connectivity index (χ3n) is 3.82. The summed E-state index contributed by atoms with van der Waals surface area (Å²) in [7, 11) is 2.08. The summed E-state index contributed by atoms with van der Waals surface area (Å²) in [6, 6.07) is 16.8. The van der Waals surface area contributed by atoms with Crippen molar-refractivity contribution in [2.75, 3.05) is 12.4 Å². The van der Waals surface area contributed by atoms with Gasteiger partial charge in [0.1, 0.15) is 0 Å². The Balaban J connectivity index is 1.65. The molecule has 25 heavy (non-hydrogen) atoms. The highest BCUT2D eigenvalue weighted by molar-refractivity contribution is 7.73. The minimum absolute atomic E-state index is 0.665. The molecule has 0 unspecified atom stereocenters. The minimum Gasteiger partial charge on any atom is -0.330 e. The molecule has 0 amide bonds. The lowest BCUT2D eigenvalue weighted by molar-refractivity contribution is 0.245. The first kappa shape index (κ1) is 17.8. The van der Waals surface area contributed by atoms with E-state index in [1.807, 2.05) is 16.8 Å². The zero-order chi connectivity index (χ0) is 17.8. The van der Waals surface area contributed by atoms with Crippen LogP contribution in [0.2, 0.25) is 0 Å². The molecule has 0 bridgehead atoms. The second-order valence-corrected chi connectivity index (χ2v) is 7.93. The Labute approximate surface area is 157 Å². The largest absolute Gasteiger partial charge is 0.330 e. The first-order valence-electron chi connectivity index (χ1n) is 8.15. The molecule has 0 fully saturated rings. The summed E-state index contributed by atoms with van der Waals surface area (Å²) in [6.45, 7) is 5.70. The molecule has 0 atom stereocenters. The first-order valence-corrected chi connectivity index (χ1v) is 9.38. The quantitative estimate of drug-likeness (QED) is 0.610. The van der Waals surface area contributed by atoms with Crippen molar-refractivity contribution >= 4 is 34.4 Å². The van der Waals surface area contributed by atoms with Crippen LogP contribution in [0.15, 0.2) is 48.5 Å². The van der Waals surface area contributed by atoms with E-state index in [9.17, 15) is 0 Å². The van der Waals surface area contributed by atoms with Crippen molar-refractivity contribution in [1.29, 1.82) is 0 Å². The zero-order valence-corrected chi connectivity index (χ0v) is 16.3. The van der Waals surface area contributed by atoms with E-state index in [2.05, 4.69) is 72.6 Å². The molecule has 3 aromatic rings. The normalized spacial score (nSPS) is 11.0. The molecular weight excluding hydrogens is 348 g/mol. The maximum absolute atomic E-state index is 5.47. The molecule has 2 aromatic carbocycles. The number of hydrogen-bond acceptors (Lipinski definition) is 5. The number of rotatable bonds is 6. The summed E-state index contributed by atoms with van der Waals surface area (Å²) in [4.78, 5) is 2.20. The Morgan fingerprint density at radius 1 is 1.12 bits per heavy atom. The van der Waals surface area contributed by atoms with Gasteiger partial charge in [-0.1, -0.05) is 53.3 Å². The van der Waals surface area contributed by atoms with Crippen LogP contribution in [0.4, 0.5) is 10.8 Å². The highest BCUT2D eigenvalue weighted by Crippen LogP contribution is 2.21. The lowest BCUT2D eigenvalue weighted by Crippen LogP contribution is -2.22. The molecule has 4 nitrogen and oxygen atoms in total. The summed E-state index contributed by atoms with van der Waals surface area (Å²) in [5.41, 5.74) is 4.81. The molecule has 1 heterocycles. The summed E-state index contributed by atoms with van der Waals surface area (Å²) < 4.78 is 2.64. The number of nitrogens with zero attached hydrogens (tertiary/aromatic N) is 3. The molecule has 0 radical (unpaired) electrons. The van der Waals surface area contributed by atoms with Crippen molar-refractivity contribution in [2.45, 2.75) is 27.1 Å². The average molecular weight is 371 g/mol. The molecule has 6 heteroatoms. The lowest BCUT2D eigenvalue weighted by Gasteiger charge is -2.16. The van der Waals surface area contributed by atoms with Crippen LogP contribution in [0, 0.1) is 17.8 Å². The van der Waals surface area contributed by atoms with Crippen LogP contribution in [-0.2, 0) is 13.2 Å². The second-order valence-electron chi connectivity index (χ2n) is 6.31. The molecule has 1 N–H and O–H groups in total. The van der Waals surface area contributed by atoms with E-state index in [1.165, 1.54) is 28.0 Å². The molecule has 3 rings (SSSR count). The topological polar surface area (TPSA) is 33.1 Å². The molecular formula is C19H22N4S2. The van der Waals surface area contributed by atoms with Gasteiger partial charge in [-0.3, -0.25) is 4.90 Å². The Morgan fingerprint density at radius 3 is 2.60 bits per heavy atom. The predicted molar refractivity (Wildman–Crippen MR) is 108 cm³/mol. The summed E-state index contributed by atoms with van der Waals surface area (Å²) >= 11 is 6.96. The van der Waals surface area contributed by atoms with Gasteiger partial charge in [0.2, 0.25) is 5.13 Å². The van der Waals surface area contributed by atoms with E-state index in [0.717, 1.165) is 21.3 Å². The first-order chi connectivity index (χ1) is 12.0. The van der Waals surface area contributed by atoms with Crippen molar-refractivity contribution in [3.05, 3.63) is 69.2 Å². The summed E-state index contributed by atoms with van der Waals surface area (Å²) in [6.07, 6.45) is 0. The van der Waals surface area contributed by atoms with Gasteiger partial charge in [-0.15, -0.1) is 5.10 Å². The van der Waals surface area contributed by atoms with E-state index in [0.29, 0.717) is 6.67 Å². The predicted octanol–water partition coefficient (Wildman–Crippen LogP) is 5.12. The highest BCUT2D eigenvalue weighted by atomic mass is 32.1. The van der Waals surface area contributed by atoms with Crippen LogP contribution in [-0.4, -0.2) is 21.7 Å². The van der Waals surface area contributed by atoms with E-state index >= 15 is 0 Å². The van der Waals surface area contributed by atoms with Crippen LogP contribution in [0.5, 0.6) is 0 Å². The minimum atomic E-state index is 0.665. The monoisotopic (exact) mass is 370 g/mol. The smallest absolute Gasteiger partial charge is 0.209 e. The standard InChI is InChI=1S/C19H22N4S2/c1-14-7-9-16(10-8-14)12-22(3)13-23-19(24)25-18(21-23)20-17-6-4-5-15(2)11-17/h4-11H,12-13H2,1-3H3,(H,20,21). The SMILES string of the molecule is Cc1ccc(CN(C)Cn2nc(Nc3cccc(C)c3)sc2=S)cc1. The Hall–Kier alpha value is -2.02. The van der Waals surface area contributed by atoms with E-state index in [4.69, 9.17) is 12.2 Å². The van der Waals surface area contributed by atoms with Crippen molar-refractivity contribution in [3.63, 3.8) is 0 Å².